The number of fused-ring (bicyclic) bond motifs is 1. The molecule has 3 rings (SSSR count). The number of pyridine rings is 1. The molecule has 0 aliphatic heterocycles. The second-order valence-corrected chi connectivity index (χ2v) is 7.40. The van der Waals surface area contributed by atoms with E-state index in [1.165, 1.54) is 10.5 Å². The number of hydrogen-bond acceptors (Lipinski definition) is 5. The van der Waals surface area contributed by atoms with E-state index in [1.54, 1.807) is 12.1 Å². The van der Waals surface area contributed by atoms with Crippen LogP contribution in [0.4, 0.5) is 32.2 Å². The number of rotatable bonds is 5. The average Bonchev–Trinajstić information content (AvgIpc) is 3.15. The number of nitrogens with one attached hydrogen (secondary N) is 3. The molecule has 1 aliphatic carbocycles. The van der Waals surface area contributed by atoms with Crippen LogP contribution in [0, 0.1) is 5.41 Å². The van der Waals surface area contributed by atoms with Gasteiger partial charge in [0.15, 0.2) is 5.69 Å². The van der Waals surface area contributed by atoms with Gasteiger partial charge in [-0.1, -0.05) is 6.07 Å². The Kier molecular flexibility index (Phi) is 6.37. The zero-order chi connectivity index (χ0) is 23.7. The van der Waals surface area contributed by atoms with Gasteiger partial charge in [-0.2, -0.15) is 26.3 Å². The van der Waals surface area contributed by atoms with E-state index in [1.807, 2.05) is 0 Å². The van der Waals surface area contributed by atoms with E-state index in [9.17, 15) is 31.1 Å². The van der Waals surface area contributed by atoms with Gasteiger partial charge < -0.3 is 21.8 Å². The maximum Gasteiger partial charge on any atom is 0.434 e. The normalized spacial score (nSPS) is 20.6. The molecule has 0 spiro atoms. The molecule has 0 aromatic carbocycles. The molecule has 0 atom stereocenters. The molecule has 2 aromatic heterocycles. The number of anilines is 1. The van der Waals surface area contributed by atoms with Gasteiger partial charge in [0.1, 0.15) is 17.2 Å². The highest BCUT2D eigenvalue weighted by atomic mass is 19.4. The molecule has 0 radical (unpaired) electrons. The number of carbonyl (C=O) groups is 1. The van der Waals surface area contributed by atoms with Crippen LogP contribution in [0.25, 0.3) is 5.65 Å². The van der Waals surface area contributed by atoms with Gasteiger partial charge in [-0.05, 0) is 37.8 Å². The highest BCUT2D eigenvalue weighted by molar-refractivity contribution is 6.12. The second-order valence-electron chi connectivity index (χ2n) is 7.40. The van der Waals surface area contributed by atoms with E-state index in [0.29, 0.717) is 31.5 Å². The minimum absolute atomic E-state index is 0.122. The van der Waals surface area contributed by atoms with Crippen LogP contribution < -0.4 is 16.4 Å². The van der Waals surface area contributed by atoms with Crippen LogP contribution in [-0.2, 0) is 11.0 Å². The zero-order valence-electron chi connectivity index (χ0n) is 16.5. The summed E-state index contributed by atoms with van der Waals surface area (Å²) in [5, 5.41) is 12.7. The second kappa shape index (κ2) is 8.71. The molecule has 0 bridgehead atoms. The number of amides is 1. The number of hydrogen-bond donors (Lipinski definition) is 4. The van der Waals surface area contributed by atoms with E-state index in [-0.39, 0.29) is 17.9 Å². The van der Waals surface area contributed by atoms with Crippen molar-refractivity contribution < 1.29 is 31.1 Å². The fourth-order valence-electron chi connectivity index (χ4n) is 3.54. The van der Waals surface area contributed by atoms with Gasteiger partial charge in [-0.25, -0.2) is 4.98 Å². The Morgan fingerprint density at radius 2 is 1.75 bits per heavy atom. The van der Waals surface area contributed by atoms with Crippen molar-refractivity contribution in [3.8, 4) is 0 Å². The van der Waals surface area contributed by atoms with Crippen LogP contribution in [0.15, 0.2) is 35.7 Å². The van der Waals surface area contributed by atoms with Crippen molar-refractivity contribution in [2.75, 3.05) is 5.32 Å². The van der Waals surface area contributed by atoms with E-state index in [4.69, 9.17) is 11.1 Å². The summed E-state index contributed by atoms with van der Waals surface area (Å²) >= 11 is 0. The lowest BCUT2D eigenvalue weighted by Crippen LogP contribution is -2.42. The first-order chi connectivity index (χ1) is 14.9. The van der Waals surface area contributed by atoms with Crippen molar-refractivity contribution in [3.63, 3.8) is 0 Å². The molecule has 1 fully saturated rings. The van der Waals surface area contributed by atoms with Crippen LogP contribution >= 0.6 is 0 Å². The number of halogens is 6. The molecule has 174 valence electrons. The topological polar surface area (TPSA) is 108 Å². The first kappa shape index (κ1) is 23.4. The third-order valence-electron chi connectivity index (χ3n) is 5.18. The standard InChI is InChI=1S/C19H20F6N6O/c20-18(21,22)13-9-31-14(2-1-3-15(31)30-13)28-10-4-6-11(7-5-10)29-17(32)12(8-26)16(27)19(23,24)25/h1-3,8-11,26,28H,4-7,27H2,(H,29,32)/b16-12+,26-8?. The minimum Gasteiger partial charge on any atom is -0.394 e. The first-order valence-corrected chi connectivity index (χ1v) is 9.60. The molecule has 1 saturated carbocycles. The Balaban J connectivity index is 1.63. The maximum absolute atomic E-state index is 12.9. The summed E-state index contributed by atoms with van der Waals surface area (Å²) in [5.74, 6) is -0.654. The van der Waals surface area contributed by atoms with Crippen molar-refractivity contribution in [3.05, 3.63) is 41.4 Å². The zero-order valence-corrected chi connectivity index (χ0v) is 16.5. The first-order valence-electron chi connectivity index (χ1n) is 9.60. The fourth-order valence-corrected chi connectivity index (χ4v) is 3.54. The Morgan fingerprint density at radius 1 is 1.12 bits per heavy atom. The van der Waals surface area contributed by atoms with Crippen LogP contribution in [-0.4, -0.2) is 39.8 Å². The Labute approximate surface area is 178 Å². The summed E-state index contributed by atoms with van der Waals surface area (Å²) in [6, 6.07) is 4.10. The molecule has 2 aromatic rings. The Morgan fingerprint density at radius 3 is 2.31 bits per heavy atom. The number of imidazole rings is 1. The SMILES string of the molecule is N=C/C(C(=O)NC1CCC(Nc2cccc3nc(C(F)(F)F)cn23)CC1)=C(\N)C(F)(F)F. The lowest BCUT2D eigenvalue weighted by Gasteiger charge is -2.30. The number of aromatic nitrogens is 2. The molecule has 5 N–H and O–H groups in total. The Hall–Kier alpha value is -3.25. The molecule has 0 saturated heterocycles. The largest absolute Gasteiger partial charge is 0.434 e. The summed E-state index contributed by atoms with van der Waals surface area (Å²) in [4.78, 5) is 15.7. The van der Waals surface area contributed by atoms with Crippen molar-refractivity contribution in [2.24, 2.45) is 5.73 Å². The number of alkyl halides is 6. The predicted octanol–water partition coefficient (Wildman–Crippen LogP) is 3.62. The molecule has 13 heteroatoms. The van der Waals surface area contributed by atoms with Crippen LogP contribution in [0.2, 0.25) is 0 Å². The molecule has 32 heavy (non-hydrogen) atoms. The lowest BCUT2D eigenvalue weighted by atomic mass is 9.91. The minimum atomic E-state index is -4.92. The summed E-state index contributed by atoms with van der Waals surface area (Å²) in [5.41, 5.74) is 1.49. The van der Waals surface area contributed by atoms with Gasteiger partial charge in [-0.3, -0.25) is 9.20 Å². The highest BCUT2D eigenvalue weighted by Crippen LogP contribution is 2.30. The average molecular weight is 462 g/mol. The van der Waals surface area contributed by atoms with Crippen molar-refractivity contribution in [1.82, 2.24) is 14.7 Å². The maximum atomic E-state index is 12.9. The number of nitrogens with two attached hydrogens (primary N) is 1. The summed E-state index contributed by atoms with van der Waals surface area (Å²) in [6.45, 7) is 0. The lowest BCUT2D eigenvalue weighted by molar-refractivity contribution is -0.140. The van der Waals surface area contributed by atoms with Gasteiger partial charge in [0.25, 0.3) is 5.91 Å². The third-order valence-corrected chi connectivity index (χ3v) is 5.18. The van der Waals surface area contributed by atoms with Gasteiger partial charge in [-0.15, -0.1) is 0 Å². The molecule has 1 amide bonds. The smallest absolute Gasteiger partial charge is 0.394 e. The predicted molar refractivity (Wildman–Crippen MR) is 104 cm³/mol. The van der Waals surface area contributed by atoms with Gasteiger partial charge in [0.05, 0.1) is 5.57 Å². The molecular formula is C19H20F6N6O. The van der Waals surface area contributed by atoms with Gasteiger partial charge >= 0.3 is 12.4 Å². The van der Waals surface area contributed by atoms with E-state index in [2.05, 4.69) is 15.6 Å². The number of carbonyl (C=O) groups excluding carboxylic acids is 1. The summed E-state index contributed by atoms with van der Waals surface area (Å²) in [7, 11) is 0. The fraction of sp³-hybridized carbons (Fsp3) is 0.421. The summed E-state index contributed by atoms with van der Waals surface area (Å²) < 4.78 is 78.3. The molecular weight excluding hydrogens is 442 g/mol. The monoisotopic (exact) mass is 462 g/mol. The molecule has 0 unspecified atom stereocenters. The van der Waals surface area contributed by atoms with Gasteiger partial charge in [0.2, 0.25) is 0 Å². The number of allylic oxidation sites excluding steroid dienone is 1. The van der Waals surface area contributed by atoms with Crippen molar-refractivity contribution in [1.29, 1.82) is 5.41 Å². The van der Waals surface area contributed by atoms with Crippen molar-refractivity contribution in [2.45, 2.75) is 50.1 Å². The Bertz CT molecular complexity index is 1030. The molecule has 1 aliphatic rings. The molecule has 2 heterocycles. The third kappa shape index (κ3) is 5.14. The van der Waals surface area contributed by atoms with Crippen LogP contribution in [0.3, 0.4) is 0 Å². The molecule has 7 nitrogen and oxygen atoms in total. The summed E-state index contributed by atoms with van der Waals surface area (Å²) in [6.07, 6.45) is -6.44. The van der Waals surface area contributed by atoms with E-state index < -0.39 is 41.3 Å². The van der Waals surface area contributed by atoms with Crippen LogP contribution in [0.1, 0.15) is 31.4 Å². The quantitative estimate of drug-likeness (QED) is 0.309. The van der Waals surface area contributed by atoms with Crippen molar-refractivity contribution >= 4 is 23.6 Å². The van der Waals surface area contributed by atoms with Gasteiger partial charge in [0, 0.05) is 24.5 Å². The highest BCUT2D eigenvalue weighted by Gasteiger charge is 2.36. The van der Waals surface area contributed by atoms with E-state index in [0.717, 1.165) is 6.20 Å². The number of nitrogens with zero attached hydrogens (tertiary/aromatic N) is 2. The van der Waals surface area contributed by atoms with Crippen LogP contribution in [0.5, 0.6) is 0 Å². The van der Waals surface area contributed by atoms with E-state index >= 15 is 0 Å².